The number of imidazole rings is 1. The molecule has 0 aromatic carbocycles. The molecule has 0 spiro atoms. The van der Waals surface area contributed by atoms with Crippen molar-refractivity contribution in [3.8, 4) is 0 Å². The molecule has 0 fully saturated rings. The van der Waals surface area contributed by atoms with E-state index in [0.717, 1.165) is 0 Å². The van der Waals surface area contributed by atoms with Crippen molar-refractivity contribution in [2.24, 2.45) is 0 Å². The molecule has 2 heterocycles. The van der Waals surface area contributed by atoms with E-state index in [2.05, 4.69) is 4.98 Å². The van der Waals surface area contributed by atoms with Gasteiger partial charge in [0, 0.05) is 0 Å². The van der Waals surface area contributed by atoms with Crippen LogP contribution < -0.4 is 27.7 Å². The van der Waals surface area contributed by atoms with Gasteiger partial charge < -0.3 is 10.7 Å². The van der Waals surface area contributed by atoms with E-state index in [4.69, 9.17) is 5.84 Å². The minimum absolute atomic E-state index is 0.0680. The maximum absolute atomic E-state index is 11.5. The molecule has 2 rings (SSSR count). The Morgan fingerprint density at radius 2 is 1.88 bits per heavy atom. The number of nitrogens with two attached hydrogens (primary N) is 1. The van der Waals surface area contributed by atoms with Crippen molar-refractivity contribution in [2.75, 3.05) is 5.84 Å². The van der Waals surface area contributed by atoms with Crippen LogP contribution in [0, 0.1) is 0 Å². The molecule has 2 aromatic heterocycles. The summed E-state index contributed by atoms with van der Waals surface area (Å²) in [6, 6.07) is 0. The van der Waals surface area contributed by atoms with Crippen molar-refractivity contribution in [3.63, 3.8) is 0 Å². The van der Waals surface area contributed by atoms with E-state index in [-0.39, 0.29) is 15.5 Å². The van der Waals surface area contributed by atoms with Gasteiger partial charge in [-0.2, -0.15) is 4.68 Å². The number of fused-ring (bicyclic) bond motifs is 1. The monoisotopic (exact) mass is 245 g/mol. The van der Waals surface area contributed by atoms with E-state index in [1.165, 1.54) is 0 Å². The van der Waals surface area contributed by atoms with Gasteiger partial charge in [0.2, 0.25) is 0 Å². The van der Waals surface area contributed by atoms with Crippen LogP contribution in [0.1, 0.15) is 0 Å². The molecule has 4 N–H and O–H groups in total. The summed E-state index contributed by atoms with van der Waals surface area (Å²) in [5.74, 6) is 5.23. The molecule has 2 aromatic rings. The third-order valence-electron chi connectivity index (χ3n) is 1.90. The molecule has 0 amide bonds. The Kier molecular flexibility index (Phi) is 2.04. The van der Waals surface area contributed by atoms with Crippen LogP contribution in [0.25, 0.3) is 11.2 Å². The normalized spacial score (nSPS) is 11.9. The first-order valence-corrected chi connectivity index (χ1v) is 4.96. The molecule has 10 nitrogen and oxygen atoms in total. The van der Waals surface area contributed by atoms with E-state index in [1.54, 1.807) is 0 Å². The Labute approximate surface area is 85.8 Å². The van der Waals surface area contributed by atoms with Gasteiger partial charge >= 0.3 is 25.1 Å². The van der Waals surface area contributed by atoms with E-state index < -0.39 is 25.1 Å². The Hall–Kier alpha value is -2.19. The van der Waals surface area contributed by atoms with Crippen LogP contribution in [0.4, 0.5) is 0 Å². The predicted molar refractivity (Wildman–Crippen MR) is 50.6 cm³/mol. The van der Waals surface area contributed by atoms with Crippen molar-refractivity contribution in [1.82, 2.24) is 19.0 Å². The van der Waals surface area contributed by atoms with Gasteiger partial charge in [-0.25, -0.2) is 9.59 Å². The van der Waals surface area contributed by atoms with Gasteiger partial charge in [-0.3, -0.25) is 14.8 Å². The zero-order chi connectivity index (χ0) is 12.0. The highest BCUT2D eigenvalue weighted by molar-refractivity contribution is 7.34. The molecule has 1 atom stereocenters. The highest BCUT2D eigenvalue weighted by atomic mass is 31.1. The summed E-state index contributed by atoms with van der Waals surface area (Å²) in [6.45, 7) is 0. The zero-order valence-electron chi connectivity index (χ0n) is 7.46. The molecular formula is C5H4N5O5P. The molecule has 0 saturated carbocycles. The molecule has 1 unspecified atom stereocenters. The molecule has 16 heavy (non-hydrogen) atoms. The average molecular weight is 245 g/mol. The lowest BCUT2D eigenvalue weighted by molar-refractivity contribution is -0.167. The zero-order valence-corrected chi connectivity index (χ0v) is 8.35. The Bertz CT molecular complexity index is 762. The fourth-order valence-electron chi connectivity index (χ4n) is 1.24. The van der Waals surface area contributed by atoms with Crippen LogP contribution in [0.15, 0.2) is 14.4 Å². The highest BCUT2D eigenvalue weighted by Crippen LogP contribution is 2.05. The van der Waals surface area contributed by atoms with Crippen LogP contribution in [-0.2, 0) is 4.57 Å². The SMILES string of the molecule is Nn1c(=O)n([P+](=O)[O-])c(=O)c2[nH]c(=O)[nH]c21. The lowest BCUT2D eigenvalue weighted by Crippen LogP contribution is -2.41. The number of nitrogens with one attached hydrogen (secondary N) is 2. The first kappa shape index (κ1) is 10.3. The third kappa shape index (κ3) is 1.21. The first-order valence-electron chi connectivity index (χ1n) is 3.83. The minimum Gasteiger partial charge on any atom is -0.572 e. The summed E-state index contributed by atoms with van der Waals surface area (Å²) in [5, 5.41) is 0. The minimum atomic E-state index is -3.46. The first-order chi connectivity index (χ1) is 7.43. The third-order valence-corrected chi connectivity index (χ3v) is 2.58. The van der Waals surface area contributed by atoms with Crippen molar-refractivity contribution in [1.29, 1.82) is 0 Å². The van der Waals surface area contributed by atoms with Gasteiger partial charge in [0.1, 0.15) is 0 Å². The second-order valence-electron chi connectivity index (χ2n) is 2.81. The summed E-state index contributed by atoms with van der Waals surface area (Å²) >= 11 is 0. The molecule has 84 valence electrons. The van der Waals surface area contributed by atoms with Crippen molar-refractivity contribution in [3.05, 3.63) is 31.3 Å². The average Bonchev–Trinajstić information content (AvgIpc) is 2.57. The number of rotatable bonds is 1. The molecule has 0 aliphatic rings. The van der Waals surface area contributed by atoms with Crippen molar-refractivity contribution in [2.45, 2.75) is 0 Å². The molecule has 0 saturated heterocycles. The van der Waals surface area contributed by atoms with Crippen LogP contribution in [0.2, 0.25) is 0 Å². The fraction of sp³-hybridized carbons (Fsp3) is 0. The van der Waals surface area contributed by atoms with Gasteiger partial charge in [-0.15, -0.1) is 0 Å². The number of hydrogen-bond acceptors (Lipinski definition) is 6. The second-order valence-corrected chi connectivity index (χ2v) is 3.69. The molecular weight excluding hydrogens is 241 g/mol. The number of aromatic amines is 2. The topological polar surface area (TPSA) is 159 Å². The number of H-pyrrole nitrogens is 2. The lowest BCUT2D eigenvalue weighted by Gasteiger charge is -1.99. The van der Waals surface area contributed by atoms with Gasteiger partial charge in [0.25, 0.3) is 0 Å². The van der Waals surface area contributed by atoms with Gasteiger partial charge in [0.15, 0.2) is 11.2 Å². The van der Waals surface area contributed by atoms with Crippen LogP contribution >= 0.6 is 8.18 Å². The van der Waals surface area contributed by atoms with E-state index in [1.807, 2.05) is 4.98 Å². The smallest absolute Gasteiger partial charge is 0.452 e. The molecule has 11 heteroatoms. The standard InChI is InChI=1S/C5H4N5O5P/c6-9-2-1(7-4(12)8-2)3(11)10(5(9)13)16(14)15/h6H2,(H2,7,8,12). The summed E-state index contributed by atoms with van der Waals surface area (Å²) in [7, 11) is -3.46. The van der Waals surface area contributed by atoms with Crippen molar-refractivity contribution < 1.29 is 9.46 Å². The highest BCUT2D eigenvalue weighted by Gasteiger charge is 2.21. The summed E-state index contributed by atoms with van der Waals surface area (Å²) < 4.78 is 11.0. The summed E-state index contributed by atoms with van der Waals surface area (Å²) in [5.41, 5.74) is -3.84. The molecule has 0 aliphatic carbocycles. The maximum atomic E-state index is 11.5. The Morgan fingerprint density at radius 1 is 1.25 bits per heavy atom. The quantitative estimate of drug-likeness (QED) is 0.353. The Balaban J connectivity index is 3.19. The lowest BCUT2D eigenvalue weighted by atomic mass is 10.5. The number of hydrogen-bond donors (Lipinski definition) is 3. The number of nitrogens with zero attached hydrogens (tertiary/aromatic N) is 2. The van der Waals surface area contributed by atoms with E-state index >= 15 is 0 Å². The molecule has 0 radical (unpaired) electrons. The van der Waals surface area contributed by atoms with E-state index in [9.17, 15) is 23.8 Å². The Morgan fingerprint density at radius 3 is 2.44 bits per heavy atom. The van der Waals surface area contributed by atoms with Crippen LogP contribution in [0.3, 0.4) is 0 Å². The van der Waals surface area contributed by atoms with Gasteiger partial charge in [-0.1, -0.05) is 0 Å². The van der Waals surface area contributed by atoms with Crippen LogP contribution in [-0.4, -0.2) is 19.0 Å². The van der Waals surface area contributed by atoms with Crippen molar-refractivity contribution >= 4 is 19.3 Å². The van der Waals surface area contributed by atoms with Gasteiger partial charge in [0.05, 0.1) is 0 Å². The molecule has 0 aliphatic heterocycles. The number of aromatic nitrogens is 4. The van der Waals surface area contributed by atoms with Crippen LogP contribution in [0.5, 0.6) is 0 Å². The fourth-order valence-corrected chi connectivity index (χ4v) is 1.73. The summed E-state index contributed by atoms with van der Waals surface area (Å²) in [6.07, 6.45) is 0. The largest absolute Gasteiger partial charge is 0.572 e. The maximum Gasteiger partial charge on any atom is 0.452 e. The second kappa shape index (κ2) is 3.15. The summed E-state index contributed by atoms with van der Waals surface area (Å²) in [4.78, 5) is 48.5. The molecule has 0 bridgehead atoms. The predicted octanol–water partition coefficient (Wildman–Crippen LogP) is -3.24. The number of nitrogen functional groups attached to an aromatic ring is 1. The van der Waals surface area contributed by atoms with Gasteiger partial charge in [-0.05, 0) is 8.90 Å². The van der Waals surface area contributed by atoms with E-state index in [0.29, 0.717) is 4.68 Å².